The Labute approximate surface area is 179 Å². The van der Waals surface area contributed by atoms with E-state index in [1.54, 1.807) is 23.1 Å². The van der Waals surface area contributed by atoms with Crippen LogP contribution in [0, 0.1) is 6.92 Å². The summed E-state index contributed by atoms with van der Waals surface area (Å²) in [7, 11) is 0. The summed E-state index contributed by atoms with van der Waals surface area (Å²) in [6.45, 7) is 2.95. The first-order valence-electron chi connectivity index (χ1n) is 10.4. The van der Waals surface area contributed by atoms with Gasteiger partial charge in [-0.3, -0.25) is 24.6 Å². The lowest BCUT2D eigenvalue weighted by Crippen LogP contribution is -2.52. The maximum atomic E-state index is 12.9. The summed E-state index contributed by atoms with van der Waals surface area (Å²) in [5.41, 5.74) is 5.17. The molecule has 2 aromatic rings. The van der Waals surface area contributed by atoms with Crippen molar-refractivity contribution in [1.29, 1.82) is 0 Å². The average Bonchev–Trinajstić information content (AvgIpc) is 3.30. The molecule has 1 fully saturated rings. The highest BCUT2D eigenvalue weighted by Crippen LogP contribution is 2.32. The van der Waals surface area contributed by atoms with Crippen molar-refractivity contribution in [2.45, 2.75) is 38.8 Å². The highest BCUT2D eigenvalue weighted by atomic mass is 16.2. The Kier molecular flexibility index (Phi) is 4.50. The predicted octanol–water partition coefficient (Wildman–Crippen LogP) is 2.35. The lowest BCUT2D eigenvalue weighted by Gasteiger charge is -2.29. The molecule has 158 valence electrons. The van der Waals surface area contributed by atoms with Crippen molar-refractivity contribution in [2.75, 3.05) is 16.8 Å². The van der Waals surface area contributed by atoms with Crippen LogP contribution in [-0.4, -0.2) is 41.2 Å². The van der Waals surface area contributed by atoms with Crippen LogP contribution < -0.4 is 15.5 Å². The van der Waals surface area contributed by atoms with Crippen molar-refractivity contribution in [3.63, 3.8) is 0 Å². The fourth-order valence-corrected chi connectivity index (χ4v) is 4.66. The number of fused-ring (bicyclic) bond motifs is 2. The molecule has 0 aromatic heterocycles. The third kappa shape index (κ3) is 3.24. The summed E-state index contributed by atoms with van der Waals surface area (Å²) < 4.78 is 0. The highest BCUT2D eigenvalue weighted by molar-refractivity contribution is 6.06. The number of imide groups is 1. The first kappa shape index (κ1) is 19.3. The minimum atomic E-state index is -0.653. The Balaban J connectivity index is 1.32. The number of amides is 5. The molecule has 2 N–H and O–H groups in total. The summed E-state index contributed by atoms with van der Waals surface area (Å²) in [6.07, 6.45) is 1.37. The second kappa shape index (κ2) is 7.23. The van der Waals surface area contributed by atoms with Gasteiger partial charge in [-0.05, 0) is 60.7 Å². The van der Waals surface area contributed by atoms with E-state index in [0.29, 0.717) is 24.2 Å². The van der Waals surface area contributed by atoms with E-state index in [1.165, 1.54) is 16.0 Å². The van der Waals surface area contributed by atoms with Gasteiger partial charge in [0.25, 0.3) is 5.91 Å². The monoisotopic (exact) mass is 418 g/mol. The van der Waals surface area contributed by atoms with Crippen molar-refractivity contribution < 1.29 is 19.2 Å². The molecule has 5 rings (SSSR count). The SMILES string of the molecule is Cc1cccc2c1CCN2C(=O)Nc1ccc2c(c1)CN(C1CCC(=O)NC1=O)C2=O. The predicted molar refractivity (Wildman–Crippen MR) is 114 cm³/mol. The molecule has 8 nitrogen and oxygen atoms in total. The van der Waals surface area contributed by atoms with Gasteiger partial charge in [-0.2, -0.15) is 0 Å². The fraction of sp³-hybridized carbons (Fsp3) is 0.304. The summed E-state index contributed by atoms with van der Waals surface area (Å²) in [5.74, 6) is -0.977. The number of rotatable bonds is 2. The third-order valence-electron chi connectivity index (χ3n) is 6.28. The summed E-state index contributed by atoms with van der Waals surface area (Å²) >= 11 is 0. The Morgan fingerprint density at radius 3 is 2.77 bits per heavy atom. The second-order valence-electron chi connectivity index (χ2n) is 8.18. The zero-order valence-corrected chi connectivity index (χ0v) is 17.1. The molecule has 1 saturated heterocycles. The van der Waals surface area contributed by atoms with Gasteiger partial charge in [0.05, 0.1) is 0 Å². The number of anilines is 2. The number of nitrogens with one attached hydrogen (secondary N) is 2. The molecule has 1 unspecified atom stereocenters. The minimum Gasteiger partial charge on any atom is -0.322 e. The quantitative estimate of drug-likeness (QED) is 0.732. The van der Waals surface area contributed by atoms with Crippen molar-refractivity contribution in [3.05, 3.63) is 58.7 Å². The van der Waals surface area contributed by atoms with Crippen molar-refractivity contribution >= 4 is 35.1 Å². The van der Waals surface area contributed by atoms with Crippen LogP contribution in [0.15, 0.2) is 36.4 Å². The Morgan fingerprint density at radius 1 is 1.13 bits per heavy atom. The normalized spacial score (nSPS) is 19.9. The standard InChI is InChI=1S/C23H22N4O4/c1-13-3-2-4-18-16(13)9-10-26(18)23(31)24-15-5-6-17-14(11-15)12-27(22(17)30)19-7-8-20(28)25-21(19)29/h2-6,11,19H,7-10,12H2,1H3,(H,24,31)(H,25,28,29). The smallest absolute Gasteiger partial charge is 0.322 e. The van der Waals surface area contributed by atoms with Gasteiger partial charge >= 0.3 is 6.03 Å². The summed E-state index contributed by atoms with van der Waals surface area (Å²) in [4.78, 5) is 52.5. The van der Waals surface area contributed by atoms with Gasteiger partial charge in [0, 0.05) is 36.4 Å². The number of urea groups is 1. The molecular formula is C23H22N4O4. The number of hydrogen-bond donors (Lipinski definition) is 2. The molecule has 0 bridgehead atoms. The molecular weight excluding hydrogens is 396 g/mol. The number of benzene rings is 2. The number of carbonyl (C=O) groups is 4. The van der Waals surface area contributed by atoms with Crippen molar-refractivity contribution in [2.24, 2.45) is 0 Å². The zero-order valence-electron chi connectivity index (χ0n) is 17.1. The van der Waals surface area contributed by atoms with E-state index in [1.807, 2.05) is 25.1 Å². The molecule has 0 saturated carbocycles. The number of nitrogens with zero attached hydrogens (tertiary/aromatic N) is 2. The highest BCUT2D eigenvalue weighted by Gasteiger charge is 2.39. The first-order valence-corrected chi connectivity index (χ1v) is 10.4. The van der Waals surface area contributed by atoms with Crippen LogP contribution in [0.4, 0.5) is 16.2 Å². The largest absolute Gasteiger partial charge is 0.326 e. The number of aryl methyl sites for hydroxylation is 1. The van der Waals surface area contributed by atoms with E-state index in [2.05, 4.69) is 10.6 Å². The summed E-state index contributed by atoms with van der Waals surface area (Å²) in [6, 6.07) is 10.3. The van der Waals surface area contributed by atoms with E-state index >= 15 is 0 Å². The molecule has 0 radical (unpaired) electrons. The van der Waals surface area contributed by atoms with Gasteiger partial charge in [-0.15, -0.1) is 0 Å². The molecule has 1 atom stereocenters. The van der Waals surface area contributed by atoms with Crippen LogP contribution in [0.5, 0.6) is 0 Å². The van der Waals surface area contributed by atoms with Gasteiger partial charge in [0.1, 0.15) is 6.04 Å². The van der Waals surface area contributed by atoms with E-state index in [4.69, 9.17) is 0 Å². The minimum absolute atomic E-state index is 0.212. The van der Waals surface area contributed by atoms with Crippen molar-refractivity contribution in [1.82, 2.24) is 10.2 Å². The zero-order chi connectivity index (χ0) is 21.7. The summed E-state index contributed by atoms with van der Waals surface area (Å²) in [5, 5.41) is 5.23. The van der Waals surface area contributed by atoms with Gasteiger partial charge in [-0.25, -0.2) is 4.79 Å². The van der Waals surface area contributed by atoms with E-state index < -0.39 is 11.9 Å². The first-order chi connectivity index (χ1) is 14.9. The molecule has 2 aromatic carbocycles. The van der Waals surface area contributed by atoms with Gasteiger partial charge in [-0.1, -0.05) is 12.1 Å². The third-order valence-corrected chi connectivity index (χ3v) is 6.28. The van der Waals surface area contributed by atoms with E-state index in [9.17, 15) is 19.2 Å². The number of piperidine rings is 1. The second-order valence-corrected chi connectivity index (χ2v) is 8.18. The van der Waals surface area contributed by atoms with Crippen LogP contribution >= 0.6 is 0 Å². The molecule has 3 heterocycles. The Bertz CT molecular complexity index is 1140. The number of carbonyl (C=O) groups excluding carboxylic acids is 4. The van der Waals surface area contributed by atoms with E-state index in [-0.39, 0.29) is 30.8 Å². The average molecular weight is 418 g/mol. The molecule has 0 spiro atoms. The van der Waals surface area contributed by atoms with Gasteiger partial charge < -0.3 is 10.2 Å². The maximum absolute atomic E-state index is 12.9. The molecule has 3 aliphatic heterocycles. The van der Waals surface area contributed by atoms with Gasteiger partial charge in [0.15, 0.2) is 0 Å². The van der Waals surface area contributed by atoms with Crippen LogP contribution in [0.2, 0.25) is 0 Å². The van der Waals surface area contributed by atoms with Crippen LogP contribution in [-0.2, 0) is 22.6 Å². The lowest BCUT2D eigenvalue weighted by atomic mass is 10.0. The van der Waals surface area contributed by atoms with Gasteiger partial charge in [0.2, 0.25) is 11.8 Å². The van der Waals surface area contributed by atoms with E-state index in [0.717, 1.165) is 17.7 Å². The number of hydrogen-bond acceptors (Lipinski definition) is 4. The maximum Gasteiger partial charge on any atom is 0.326 e. The van der Waals surface area contributed by atoms with Crippen molar-refractivity contribution in [3.8, 4) is 0 Å². The van der Waals surface area contributed by atoms with Crippen LogP contribution in [0.1, 0.15) is 39.9 Å². The fourth-order valence-electron chi connectivity index (χ4n) is 4.66. The van der Waals surface area contributed by atoms with Crippen LogP contribution in [0.3, 0.4) is 0 Å². The Morgan fingerprint density at radius 2 is 1.97 bits per heavy atom. The molecule has 0 aliphatic carbocycles. The van der Waals surface area contributed by atoms with Crippen LogP contribution in [0.25, 0.3) is 0 Å². The molecule has 31 heavy (non-hydrogen) atoms. The molecule has 8 heteroatoms. The molecule has 5 amide bonds. The Hall–Kier alpha value is -3.68. The topological polar surface area (TPSA) is 98.8 Å². The molecule has 3 aliphatic rings. The lowest BCUT2D eigenvalue weighted by molar-refractivity contribution is -0.136.